The zero-order valence-electron chi connectivity index (χ0n) is 15.4. The number of methoxy groups -OCH3 is 1. The van der Waals surface area contributed by atoms with Gasteiger partial charge < -0.3 is 24.2 Å². The number of hydrogen-bond acceptors (Lipinski definition) is 6. The van der Waals surface area contributed by atoms with Crippen LogP contribution in [0.1, 0.15) is 6.92 Å². The van der Waals surface area contributed by atoms with E-state index in [9.17, 15) is 9.59 Å². The van der Waals surface area contributed by atoms with E-state index in [4.69, 9.17) is 19.3 Å². The lowest BCUT2D eigenvalue weighted by molar-refractivity contribution is -0.147. The van der Waals surface area contributed by atoms with E-state index in [0.717, 1.165) is 5.75 Å². The highest BCUT2D eigenvalue weighted by atomic mass is 16.5. The molecule has 1 saturated heterocycles. The topological polar surface area (TPSA) is 88.5 Å². The number of carbonyl (C=O) groups excluding carboxylic acids is 1. The zero-order chi connectivity index (χ0) is 19.1. The molecule has 26 heavy (non-hydrogen) atoms. The van der Waals surface area contributed by atoms with E-state index in [1.54, 1.807) is 55.1 Å². The number of morpholine rings is 1. The van der Waals surface area contributed by atoms with Gasteiger partial charge in [0.1, 0.15) is 11.5 Å². The molecule has 8 nitrogen and oxygen atoms in total. The third-order valence-electron chi connectivity index (χ3n) is 4.09. The molecule has 0 radical (unpaired) electrons. The van der Waals surface area contributed by atoms with Gasteiger partial charge in [-0.3, -0.25) is 14.5 Å². The summed E-state index contributed by atoms with van der Waals surface area (Å²) in [6.45, 7) is 3.43. The Balaban J connectivity index is 1.87. The first-order valence-electron chi connectivity index (χ1n) is 8.50. The molecule has 1 fully saturated rings. The molecule has 0 aliphatic carbocycles. The molecule has 1 aromatic rings. The average molecular weight is 366 g/mol. The standard InChI is InChI=1S/C18H26N2O6/c1-13(26-15-6-4-14(24-3)5-7-15)18(23)20-8-9-25-16(11-20)10-19(2)12-17(21)22/h4-7,13,16H,8-12H2,1-3H3,(H,21,22). The Morgan fingerprint density at radius 3 is 2.62 bits per heavy atom. The minimum Gasteiger partial charge on any atom is -0.497 e. The minimum absolute atomic E-state index is 0.0647. The monoisotopic (exact) mass is 366 g/mol. The smallest absolute Gasteiger partial charge is 0.317 e. The molecule has 1 aliphatic rings. The summed E-state index contributed by atoms with van der Waals surface area (Å²) in [5, 5.41) is 8.83. The first kappa shape index (κ1) is 20.0. The number of ether oxygens (including phenoxy) is 3. The van der Waals surface area contributed by atoms with Crippen molar-refractivity contribution in [1.29, 1.82) is 0 Å². The SMILES string of the molecule is COc1ccc(OC(C)C(=O)N2CCOC(CN(C)CC(=O)O)C2)cc1. The van der Waals surface area contributed by atoms with Crippen LogP contribution in [0.3, 0.4) is 0 Å². The van der Waals surface area contributed by atoms with Crippen molar-refractivity contribution in [3.05, 3.63) is 24.3 Å². The number of carboxylic acid groups (broad SMARTS) is 1. The van der Waals surface area contributed by atoms with E-state index in [0.29, 0.717) is 32.0 Å². The number of benzene rings is 1. The van der Waals surface area contributed by atoms with Crippen LogP contribution in [-0.2, 0) is 14.3 Å². The number of aliphatic carboxylic acids is 1. The number of amides is 1. The Bertz CT molecular complexity index is 606. The maximum atomic E-state index is 12.6. The second-order valence-corrected chi connectivity index (χ2v) is 6.30. The molecular formula is C18H26N2O6. The molecule has 0 aromatic heterocycles. The number of rotatable bonds is 8. The molecule has 144 valence electrons. The maximum absolute atomic E-state index is 12.6. The number of likely N-dealkylation sites (N-methyl/N-ethyl adjacent to an activating group) is 1. The van der Waals surface area contributed by atoms with Gasteiger partial charge in [-0.2, -0.15) is 0 Å². The van der Waals surface area contributed by atoms with E-state index in [2.05, 4.69) is 0 Å². The van der Waals surface area contributed by atoms with Crippen LogP contribution in [0.4, 0.5) is 0 Å². The Hall–Kier alpha value is -2.32. The summed E-state index contributed by atoms with van der Waals surface area (Å²) in [6, 6.07) is 7.06. The summed E-state index contributed by atoms with van der Waals surface area (Å²) in [7, 11) is 3.30. The molecule has 8 heteroatoms. The summed E-state index contributed by atoms with van der Waals surface area (Å²) in [4.78, 5) is 26.8. The molecule has 1 heterocycles. The quantitative estimate of drug-likeness (QED) is 0.725. The van der Waals surface area contributed by atoms with Gasteiger partial charge in [-0.05, 0) is 38.2 Å². The maximum Gasteiger partial charge on any atom is 0.317 e. The molecule has 2 rings (SSSR count). The van der Waals surface area contributed by atoms with E-state index >= 15 is 0 Å². The van der Waals surface area contributed by atoms with Crippen LogP contribution in [0.2, 0.25) is 0 Å². The highest BCUT2D eigenvalue weighted by molar-refractivity contribution is 5.81. The average Bonchev–Trinajstić information content (AvgIpc) is 2.61. The van der Waals surface area contributed by atoms with Crippen molar-refractivity contribution in [2.24, 2.45) is 0 Å². The van der Waals surface area contributed by atoms with Crippen LogP contribution < -0.4 is 9.47 Å². The van der Waals surface area contributed by atoms with Crippen LogP contribution >= 0.6 is 0 Å². The summed E-state index contributed by atoms with van der Waals surface area (Å²) in [6.07, 6.45) is -0.843. The minimum atomic E-state index is -0.891. The predicted molar refractivity (Wildman–Crippen MR) is 94.5 cm³/mol. The van der Waals surface area contributed by atoms with Gasteiger partial charge in [0, 0.05) is 19.6 Å². The molecule has 1 aromatic carbocycles. The summed E-state index contributed by atoms with van der Waals surface area (Å²) < 4.78 is 16.5. The summed E-state index contributed by atoms with van der Waals surface area (Å²) in [5.74, 6) is 0.309. The van der Waals surface area contributed by atoms with Gasteiger partial charge in [0.2, 0.25) is 0 Å². The van der Waals surface area contributed by atoms with Gasteiger partial charge in [0.05, 0.1) is 26.4 Å². The van der Waals surface area contributed by atoms with Crippen molar-refractivity contribution in [2.45, 2.75) is 19.1 Å². The second-order valence-electron chi connectivity index (χ2n) is 6.30. The number of carboxylic acids is 1. The first-order chi connectivity index (χ1) is 12.4. The number of hydrogen-bond donors (Lipinski definition) is 1. The molecule has 0 bridgehead atoms. The third kappa shape index (κ3) is 5.89. The van der Waals surface area contributed by atoms with Crippen LogP contribution in [0.5, 0.6) is 11.5 Å². The lowest BCUT2D eigenvalue weighted by Crippen LogP contribution is -2.52. The molecule has 2 atom stereocenters. The van der Waals surface area contributed by atoms with Crippen LogP contribution in [0, 0.1) is 0 Å². The molecule has 2 unspecified atom stereocenters. The van der Waals surface area contributed by atoms with Gasteiger partial charge in [0.25, 0.3) is 5.91 Å². The number of nitrogens with zero attached hydrogens (tertiary/aromatic N) is 2. The Labute approximate surface area is 153 Å². The van der Waals surface area contributed by atoms with Crippen LogP contribution in [0.15, 0.2) is 24.3 Å². The molecule has 1 aliphatic heterocycles. The predicted octanol–water partition coefficient (Wildman–Crippen LogP) is 0.706. The molecule has 1 amide bonds. The van der Waals surface area contributed by atoms with E-state index in [-0.39, 0.29) is 18.6 Å². The zero-order valence-corrected chi connectivity index (χ0v) is 15.4. The third-order valence-corrected chi connectivity index (χ3v) is 4.09. The fraction of sp³-hybridized carbons (Fsp3) is 0.556. The van der Waals surface area contributed by atoms with E-state index in [1.807, 2.05) is 0 Å². The van der Waals surface area contributed by atoms with Gasteiger partial charge in [-0.1, -0.05) is 0 Å². The van der Waals surface area contributed by atoms with E-state index in [1.165, 1.54) is 0 Å². The Morgan fingerprint density at radius 1 is 1.35 bits per heavy atom. The Morgan fingerprint density at radius 2 is 2.00 bits per heavy atom. The van der Waals surface area contributed by atoms with Crippen molar-refractivity contribution in [3.8, 4) is 11.5 Å². The van der Waals surface area contributed by atoms with Crippen molar-refractivity contribution in [2.75, 3.05) is 46.9 Å². The highest BCUT2D eigenvalue weighted by Crippen LogP contribution is 2.19. The second kappa shape index (κ2) is 9.40. The fourth-order valence-electron chi connectivity index (χ4n) is 2.84. The highest BCUT2D eigenvalue weighted by Gasteiger charge is 2.29. The van der Waals surface area contributed by atoms with Crippen molar-refractivity contribution in [1.82, 2.24) is 9.80 Å². The van der Waals surface area contributed by atoms with Gasteiger partial charge >= 0.3 is 5.97 Å². The van der Waals surface area contributed by atoms with Crippen molar-refractivity contribution < 1.29 is 28.9 Å². The van der Waals surface area contributed by atoms with Gasteiger partial charge in [0.15, 0.2) is 6.10 Å². The normalized spacial score (nSPS) is 18.5. The molecular weight excluding hydrogens is 340 g/mol. The first-order valence-corrected chi connectivity index (χ1v) is 8.50. The van der Waals surface area contributed by atoms with Crippen molar-refractivity contribution in [3.63, 3.8) is 0 Å². The lowest BCUT2D eigenvalue weighted by Gasteiger charge is -2.35. The molecule has 0 saturated carbocycles. The fourth-order valence-corrected chi connectivity index (χ4v) is 2.84. The number of carbonyl (C=O) groups is 2. The largest absolute Gasteiger partial charge is 0.497 e. The molecule has 1 N–H and O–H groups in total. The van der Waals surface area contributed by atoms with Gasteiger partial charge in [-0.15, -0.1) is 0 Å². The summed E-state index contributed by atoms with van der Waals surface area (Å²) in [5.41, 5.74) is 0. The van der Waals surface area contributed by atoms with Crippen LogP contribution in [-0.4, -0.2) is 85.9 Å². The van der Waals surface area contributed by atoms with Crippen molar-refractivity contribution >= 4 is 11.9 Å². The van der Waals surface area contributed by atoms with E-state index < -0.39 is 12.1 Å². The Kier molecular flexibility index (Phi) is 7.23. The summed E-state index contributed by atoms with van der Waals surface area (Å²) >= 11 is 0. The van der Waals surface area contributed by atoms with Gasteiger partial charge in [-0.25, -0.2) is 0 Å². The molecule has 0 spiro atoms. The lowest BCUT2D eigenvalue weighted by atomic mass is 10.2. The van der Waals surface area contributed by atoms with Crippen LogP contribution in [0.25, 0.3) is 0 Å².